The molecule has 2 aromatic heterocycles. The Morgan fingerprint density at radius 3 is 2.84 bits per heavy atom. The van der Waals surface area contributed by atoms with Gasteiger partial charge in [0.2, 0.25) is 5.82 Å². The van der Waals surface area contributed by atoms with Gasteiger partial charge in [-0.2, -0.15) is 0 Å². The maximum absolute atomic E-state index is 14.0. The number of likely N-dealkylation sites (N-methyl/N-ethyl adjacent to an activating group) is 1. The van der Waals surface area contributed by atoms with Gasteiger partial charge in [0.25, 0.3) is 11.8 Å². The summed E-state index contributed by atoms with van der Waals surface area (Å²) in [6.45, 7) is 3.36. The van der Waals surface area contributed by atoms with Crippen LogP contribution in [0.25, 0.3) is 11.3 Å². The van der Waals surface area contributed by atoms with Crippen molar-refractivity contribution in [2.75, 3.05) is 18.6 Å². The van der Waals surface area contributed by atoms with Gasteiger partial charge in [-0.05, 0) is 37.1 Å². The molecule has 1 aromatic carbocycles. The van der Waals surface area contributed by atoms with Gasteiger partial charge in [-0.15, -0.1) is 0 Å². The molecule has 3 aromatic rings. The minimum absolute atomic E-state index is 0.0868. The summed E-state index contributed by atoms with van der Waals surface area (Å²) in [5.41, 5.74) is 1.88. The molecule has 1 N–H and O–H groups in total. The molecule has 2 amide bonds. The number of anilines is 1. The van der Waals surface area contributed by atoms with Crippen LogP contribution in [0.2, 0.25) is 5.02 Å². The van der Waals surface area contributed by atoms with E-state index in [1.807, 2.05) is 6.92 Å². The maximum atomic E-state index is 14.0. The zero-order chi connectivity index (χ0) is 23.0. The summed E-state index contributed by atoms with van der Waals surface area (Å²) < 4.78 is 19.7. The van der Waals surface area contributed by atoms with E-state index in [9.17, 15) is 14.0 Å². The molecule has 3 heterocycles. The molecule has 8 nitrogen and oxygen atoms in total. The molecule has 1 atom stereocenters. The molecule has 0 radical (unpaired) electrons. The van der Waals surface area contributed by atoms with Crippen molar-refractivity contribution < 1.29 is 18.7 Å². The molecule has 0 saturated heterocycles. The molecule has 0 aliphatic carbocycles. The van der Waals surface area contributed by atoms with Gasteiger partial charge < -0.3 is 10.1 Å². The summed E-state index contributed by atoms with van der Waals surface area (Å²) in [6.07, 6.45) is 2.89. The van der Waals surface area contributed by atoms with Gasteiger partial charge in [0.1, 0.15) is 18.5 Å². The van der Waals surface area contributed by atoms with E-state index < -0.39 is 23.7 Å². The first kappa shape index (κ1) is 21.6. The van der Waals surface area contributed by atoms with Crippen molar-refractivity contribution in [3.05, 3.63) is 64.5 Å². The zero-order valence-corrected chi connectivity index (χ0v) is 18.3. The number of aryl methyl sites for hydroxylation is 1. The van der Waals surface area contributed by atoms with Gasteiger partial charge in [0.05, 0.1) is 16.9 Å². The first-order valence-corrected chi connectivity index (χ1v) is 10.1. The fraction of sp³-hybridized carbons (Fsp3) is 0.227. The highest BCUT2D eigenvalue weighted by Gasteiger charge is 2.32. The molecule has 10 heteroatoms. The second-order valence-corrected chi connectivity index (χ2v) is 7.78. The monoisotopic (exact) mass is 455 g/mol. The lowest BCUT2D eigenvalue weighted by Crippen LogP contribution is -2.49. The molecule has 0 bridgehead atoms. The highest BCUT2D eigenvalue weighted by Crippen LogP contribution is 2.30. The van der Waals surface area contributed by atoms with E-state index in [-0.39, 0.29) is 23.1 Å². The number of carbonyl (C=O) groups excluding carboxylic acids is 2. The molecular weight excluding hydrogens is 437 g/mol. The fourth-order valence-electron chi connectivity index (χ4n) is 3.33. The third-order valence-electron chi connectivity index (χ3n) is 5.10. The van der Waals surface area contributed by atoms with Gasteiger partial charge >= 0.3 is 0 Å². The summed E-state index contributed by atoms with van der Waals surface area (Å²) in [7, 11) is 1.56. The lowest BCUT2D eigenvalue weighted by atomic mass is 10.1. The third-order valence-corrected chi connectivity index (χ3v) is 5.37. The van der Waals surface area contributed by atoms with E-state index >= 15 is 0 Å². The first-order chi connectivity index (χ1) is 15.3. The minimum Gasteiger partial charge on any atom is -0.487 e. The van der Waals surface area contributed by atoms with E-state index in [1.165, 1.54) is 23.2 Å². The van der Waals surface area contributed by atoms with Crippen LogP contribution in [0.4, 0.5) is 10.2 Å². The number of pyridine rings is 1. The molecule has 164 valence electrons. The van der Waals surface area contributed by atoms with E-state index in [0.29, 0.717) is 22.7 Å². The van der Waals surface area contributed by atoms with Crippen molar-refractivity contribution in [3.63, 3.8) is 0 Å². The van der Waals surface area contributed by atoms with Gasteiger partial charge in [-0.3, -0.25) is 14.5 Å². The summed E-state index contributed by atoms with van der Waals surface area (Å²) >= 11 is 6.21. The van der Waals surface area contributed by atoms with Crippen LogP contribution >= 0.6 is 11.6 Å². The van der Waals surface area contributed by atoms with Crippen molar-refractivity contribution in [2.24, 2.45) is 0 Å². The molecule has 32 heavy (non-hydrogen) atoms. The van der Waals surface area contributed by atoms with Gasteiger partial charge in [0, 0.05) is 18.8 Å². The minimum atomic E-state index is -0.986. The van der Waals surface area contributed by atoms with Gasteiger partial charge in [0.15, 0.2) is 11.6 Å². The molecule has 1 aliphatic rings. The SMILES string of the molecule is Cc1cnc2c(c1)OC[C@H](NC(=O)c1ncc(Cl)c(-c3cccc(F)c3C)n1)C(=O)N2C. The lowest BCUT2D eigenvalue weighted by molar-refractivity contribution is -0.120. The van der Waals surface area contributed by atoms with Crippen LogP contribution in [0.3, 0.4) is 0 Å². The van der Waals surface area contributed by atoms with Crippen LogP contribution in [0.5, 0.6) is 5.75 Å². The zero-order valence-electron chi connectivity index (χ0n) is 17.5. The number of hydrogen-bond donors (Lipinski definition) is 1. The Morgan fingerprint density at radius 1 is 1.28 bits per heavy atom. The Balaban J connectivity index is 1.59. The largest absolute Gasteiger partial charge is 0.487 e. The average Bonchev–Trinajstić information content (AvgIpc) is 2.88. The number of carbonyl (C=O) groups is 2. The highest BCUT2D eigenvalue weighted by atomic mass is 35.5. The first-order valence-electron chi connectivity index (χ1n) is 9.72. The number of rotatable bonds is 3. The predicted molar refractivity (Wildman–Crippen MR) is 116 cm³/mol. The molecular formula is C22H19ClFN5O3. The van der Waals surface area contributed by atoms with Gasteiger partial charge in [-0.25, -0.2) is 19.3 Å². The standard InChI is InChI=1S/C22H19ClFN5O3/c1-11-7-17-20(26-8-11)29(3)22(31)16(10-32-17)27-21(30)19-25-9-14(23)18(28-19)13-5-4-6-15(24)12(13)2/h4-9,16H,10H2,1-3H3,(H,27,30)/t16-/m0/s1. The number of ether oxygens (including phenoxy) is 1. The van der Waals surface area contributed by atoms with Crippen LogP contribution in [0.1, 0.15) is 21.7 Å². The number of hydrogen-bond acceptors (Lipinski definition) is 6. The molecule has 0 spiro atoms. The van der Waals surface area contributed by atoms with Crippen LogP contribution in [0.15, 0.2) is 36.7 Å². The van der Waals surface area contributed by atoms with E-state index in [2.05, 4.69) is 20.3 Å². The van der Waals surface area contributed by atoms with Crippen LogP contribution in [0, 0.1) is 19.7 Å². The number of amides is 2. The molecule has 0 unspecified atom stereocenters. The summed E-state index contributed by atoms with van der Waals surface area (Å²) in [5.74, 6) is -0.908. The van der Waals surface area contributed by atoms with E-state index in [0.717, 1.165) is 5.56 Å². The van der Waals surface area contributed by atoms with Crippen molar-refractivity contribution in [1.82, 2.24) is 20.3 Å². The van der Waals surface area contributed by atoms with Crippen molar-refractivity contribution in [3.8, 4) is 17.0 Å². The molecule has 4 rings (SSSR count). The van der Waals surface area contributed by atoms with E-state index in [4.69, 9.17) is 16.3 Å². The number of nitrogens with zero attached hydrogens (tertiary/aromatic N) is 4. The Bertz CT molecular complexity index is 1240. The van der Waals surface area contributed by atoms with E-state index in [1.54, 1.807) is 32.3 Å². The number of fused-ring (bicyclic) bond motifs is 1. The van der Waals surface area contributed by atoms with Crippen molar-refractivity contribution in [2.45, 2.75) is 19.9 Å². The predicted octanol–water partition coefficient (Wildman–Crippen LogP) is 3.10. The highest BCUT2D eigenvalue weighted by molar-refractivity contribution is 6.33. The second kappa shape index (κ2) is 8.51. The van der Waals surface area contributed by atoms with Gasteiger partial charge in [-0.1, -0.05) is 23.7 Å². The molecule has 0 fully saturated rings. The van der Waals surface area contributed by atoms with Crippen LogP contribution in [-0.2, 0) is 4.79 Å². The summed E-state index contributed by atoms with van der Waals surface area (Å²) in [6, 6.07) is 5.29. The maximum Gasteiger partial charge on any atom is 0.289 e. The second-order valence-electron chi connectivity index (χ2n) is 7.37. The fourth-order valence-corrected chi connectivity index (χ4v) is 3.52. The van der Waals surface area contributed by atoms with Crippen LogP contribution in [-0.4, -0.2) is 46.5 Å². The smallest absolute Gasteiger partial charge is 0.289 e. The quantitative estimate of drug-likeness (QED) is 0.651. The number of halogens is 2. The Kier molecular flexibility index (Phi) is 5.75. The normalized spacial score (nSPS) is 15.6. The average molecular weight is 456 g/mol. The topological polar surface area (TPSA) is 97.3 Å². The Labute approximate surface area is 188 Å². The number of aromatic nitrogens is 3. The lowest BCUT2D eigenvalue weighted by Gasteiger charge is -2.19. The van der Waals surface area contributed by atoms with Crippen LogP contribution < -0.4 is 15.0 Å². The third kappa shape index (κ3) is 3.99. The van der Waals surface area contributed by atoms with Crippen molar-refractivity contribution in [1.29, 1.82) is 0 Å². The Hall–Kier alpha value is -3.59. The number of benzene rings is 1. The summed E-state index contributed by atoms with van der Waals surface area (Å²) in [5, 5.41) is 2.77. The Morgan fingerprint density at radius 2 is 2.06 bits per heavy atom. The molecule has 1 aliphatic heterocycles. The number of nitrogens with one attached hydrogen (secondary N) is 1. The van der Waals surface area contributed by atoms with Crippen molar-refractivity contribution >= 4 is 29.2 Å². The molecule has 0 saturated carbocycles. The summed E-state index contributed by atoms with van der Waals surface area (Å²) in [4.78, 5) is 39.5.